The van der Waals surface area contributed by atoms with Gasteiger partial charge in [-0.05, 0) is 31.2 Å². The molecule has 6 heteroatoms. The third-order valence-electron chi connectivity index (χ3n) is 4.48. The van der Waals surface area contributed by atoms with Crippen molar-refractivity contribution < 1.29 is 4.79 Å². The van der Waals surface area contributed by atoms with Crippen LogP contribution in [0.4, 0.5) is 11.5 Å². The number of aromatic nitrogens is 2. The first-order valence-electron chi connectivity index (χ1n) is 8.14. The summed E-state index contributed by atoms with van der Waals surface area (Å²) in [4.78, 5) is 16.7. The molecule has 2 aromatic carbocycles. The lowest BCUT2D eigenvalue weighted by Gasteiger charge is -2.40. The van der Waals surface area contributed by atoms with Gasteiger partial charge in [-0.1, -0.05) is 35.9 Å². The van der Waals surface area contributed by atoms with E-state index < -0.39 is 0 Å². The van der Waals surface area contributed by atoms with Crippen LogP contribution in [-0.4, -0.2) is 22.8 Å². The first-order chi connectivity index (χ1) is 12.1. The van der Waals surface area contributed by atoms with E-state index in [4.69, 9.17) is 5.73 Å². The molecule has 3 aromatic rings. The fourth-order valence-corrected chi connectivity index (χ4v) is 3.08. The summed E-state index contributed by atoms with van der Waals surface area (Å²) in [7, 11) is 0. The van der Waals surface area contributed by atoms with E-state index in [0.717, 1.165) is 11.3 Å². The number of benzene rings is 2. The number of aromatic amines is 1. The molecule has 0 saturated carbocycles. The number of H-pyrrole nitrogens is 1. The van der Waals surface area contributed by atoms with Crippen molar-refractivity contribution in [3.05, 3.63) is 77.5 Å². The van der Waals surface area contributed by atoms with Crippen LogP contribution in [0.1, 0.15) is 27.7 Å². The molecule has 0 fully saturated rings. The Bertz CT molecular complexity index is 888. The van der Waals surface area contributed by atoms with Crippen molar-refractivity contribution in [3.63, 3.8) is 0 Å². The third kappa shape index (κ3) is 2.66. The second-order valence-corrected chi connectivity index (χ2v) is 6.15. The van der Waals surface area contributed by atoms with E-state index in [-0.39, 0.29) is 12.1 Å². The molecule has 6 nitrogen and oxygen atoms in total. The lowest BCUT2D eigenvalue weighted by Crippen LogP contribution is -2.50. The highest BCUT2D eigenvalue weighted by Crippen LogP contribution is 2.34. The summed E-state index contributed by atoms with van der Waals surface area (Å²) in [5.74, 6) is 0.489. The molecule has 1 aliphatic heterocycles. The number of nitrogens with zero attached hydrogens (tertiary/aromatic N) is 3. The van der Waals surface area contributed by atoms with Gasteiger partial charge < -0.3 is 10.6 Å². The first-order valence-corrected chi connectivity index (χ1v) is 8.14. The minimum absolute atomic E-state index is 0.0991. The van der Waals surface area contributed by atoms with Gasteiger partial charge in [0.15, 0.2) is 5.82 Å². The number of fused-ring (bicyclic) bond motifs is 1. The number of carbonyl (C=O) groups excluding carboxylic acids is 1. The largest absolute Gasteiger partial charge is 0.334 e. The van der Waals surface area contributed by atoms with Crippen molar-refractivity contribution in [3.8, 4) is 0 Å². The molecule has 3 N–H and O–H groups in total. The second kappa shape index (κ2) is 6.07. The molecule has 0 spiro atoms. The molecule has 0 bridgehead atoms. The average molecular weight is 333 g/mol. The van der Waals surface area contributed by atoms with Crippen LogP contribution >= 0.6 is 0 Å². The highest BCUT2D eigenvalue weighted by Gasteiger charge is 2.34. The normalized spacial score (nSPS) is 16.6. The van der Waals surface area contributed by atoms with Crippen LogP contribution in [0.15, 0.2) is 60.8 Å². The second-order valence-electron chi connectivity index (χ2n) is 6.15. The van der Waals surface area contributed by atoms with Gasteiger partial charge in [-0.2, -0.15) is 5.10 Å². The van der Waals surface area contributed by atoms with Crippen LogP contribution in [0.5, 0.6) is 0 Å². The fraction of sp³-hybridized carbons (Fsp3) is 0.158. The van der Waals surface area contributed by atoms with Crippen LogP contribution in [-0.2, 0) is 0 Å². The Morgan fingerprint density at radius 1 is 1.16 bits per heavy atom. The molecule has 4 rings (SSSR count). The summed E-state index contributed by atoms with van der Waals surface area (Å²) in [6.07, 6.45) is 1.39. The van der Waals surface area contributed by atoms with E-state index in [9.17, 15) is 4.79 Å². The zero-order valence-electron chi connectivity index (χ0n) is 13.9. The summed E-state index contributed by atoms with van der Waals surface area (Å²) in [6.45, 7) is 2.38. The van der Waals surface area contributed by atoms with E-state index in [1.807, 2.05) is 54.3 Å². The van der Waals surface area contributed by atoms with Gasteiger partial charge in [0.2, 0.25) is 0 Å². The Morgan fingerprint density at radius 2 is 1.88 bits per heavy atom. The smallest absolute Gasteiger partial charge is 0.260 e. The molecular formula is C19H19N5O. The maximum atomic E-state index is 13.0. The third-order valence-corrected chi connectivity index (χ3v) is 4.48. The van der Waals surface area contributed by atoms with E-state index in [2.05, 4.69) is 10.2 Å². The number of aryl methyl sites for hydroxylation is 1. The van der Waals surface area contributed by atoms with Gasteiger partial charge >= 0.3 is 0 Å². The van der Waals surface area contributed by atoms with Crippen LogP contribution in [0.25, 0.3) is 0 Å². The number of hydrogen-bond acceptors (Lipinski definition) is 4. The lowest BCUT2D eigenvalue weighted by molar-refractivity contribution is 0.0983. The monoisotopic (exact) mass is 333 g/mol. The zero-order chi connectivity index (χ0) is 17.4. The molecular weight excluding hydrogens is 314 g/mol. The van der Waals surface area contributed by atoms with Crippen LogP contribution in [0.3, 0.4) is 0 Å². The van der Waals surface area contributed by atoms with E-state index in [1.54, 1.807) is 23.2 Å². The van der Waals surface area contributed by atoms with Gasteiger partial charge in [0.25, 0.3) is 5.91 Å². The molecule has 2 heterocycles. The van der Waals surface area contributed by atoms with Gasteiger partial charge in [0.05, 0.1) is 5.56 Å². The highest BCUT2D eigenvalue weighted by atomic mass is 16.2. The van der Waals surface area contributed by atoms with Gasteiger partial charge in [0, 0.05) is 17.4 Å². The van der Waals surface area contributed by atoms with Gasteiger partial charge in [-0.25, -0.2) is 0 Å². The lowest BCUT2D eigenvalue weighted by atomic mass is 10.1. The molecule has 0 radical (unpaired) electrons. The average Bonchev–Trinajstić information content (AvgIpc) is 3.14. The fourth-order valence-electron chi connectivity index (χ4n) is 3.08. The Morgan fingerprint density at radius 3 is 2.60 bits per heavy atom. The molecule has 1 amide bonds. The van der Waals surface area contributed by atoms with Gasteiger partial charge in [-0.15, -0.1) is 0 Å². The zero-order valence-corrected chi connectivity index (χ0v) is 13.9. The van der Waals surface area contributed by atoms with Crippen LogP contribution < -0.4 is 15.5 Å². The Hall–Kier alpha value is -3.12. The predicted octanol–water partition coefficient (Wildman–Crippen LogP) is 2.80. The minimum atomic E-state index is -0.365. The van der Waals surface area contributed by atoms with Crippen molar-refractivity contribution in [2.45, 2.75) is 13.1 Å². The molecule has 1 aromatic heterocycles. The highest BCUT2D eigenvalue weighted by molar-refractivity contribution is 6.06. The van der Waals surface area contributed by atoms with Gasteiger partial charge in [0.1, 0.15) is 12.8 Å². The Balaban J connectivity index is 1.74. The number of carbonyl (C=O) groups is 1. The van der Waals surface area contributed by atoms with Crippen LogP contribution in [0, 0.1) is 6.92 Å². The first kappa shape index (κ1) is 15.4. The maximum absolute atomic E-state index is 13.0. The van der Waals surface area contributed by atoms with Gasteiger partial charge in [-0.3, -0.25) is 14.8 Å². The Kier molecular flexibility index (Phi) is 3.74. The van der Waals surface area contributed by atoms with E-state index in [1.165, 1.54) is 5.56 Å². The number of hydrogen-bond donors (Lipinski definition) is 2. The number of nitrogens with one attached hydrogen (secondary N) is 1. The summed E-state index contributed by atoms with van der Waals surface area (Å²) < 4.78 is 0. The van der Waals surface area contributed by atoms with E-state index >= 15 is 0 Å². The Labute approximate surface area is 145 Å². The standard InChI is InChI=1S/C19H19N5O/c1-13-7-9-15(10-8-13)23-12-24(18-16(17(23)20)11-21-22-18)19(25)14-5-3-2-4-6-14/h2-11,17H,12,20H2,1H3,(H,21,22). The van der Waals surface area contributed by atoms with Crippen LogP contribution in [0.2, 0.25) is 0 Å². The maximum Gasteiger partial charge on any atom is 0.260 e. The predicted molar refractivity (Wildman–Crippen MR) is 97.3 cm³/mol. The van der Waals surface area contributed by atoms with Crippen molar-refractivity contribution in [1.82, 2.24) is 10.2 Å². The summed E-state index contributed by atoms with van der Waals surface area (Å²) in [5.41, 5.74) is 10.0. The van der Waals surface area contributed by atoms with Crippen molar-refractivity contribution in [2.75, 3.05) is 16.5 Å². The molecule has 1 unspecified atom stereocenters. The molecule has 1 atom stereocenters. The molecule has 126 valence electrons. The molecule has 0 saturated heterocycles. The summed E-state index contributed by atoms with van der Waals surface area (Å²) in [6, 6.07) is 17.3. The topological polar surface area (TPSA) is 78.2 Å². The van der Waals surface area contributed by atoms with E-state index in [0.29, 0.717) is 18.1 Å². The van der Waals surface area contributed by atoms with Crippen molar-refractivity contribution in [2.24, 2.45) is 5.73 Å². The minimum Gasteiger partial charge on any atom is -0.334 e. The van der Waals surface area contributed by atoms with Crippen molar-refractivity contribution in [1.29, 1.82) is 0 Å². The summed E-state index contributed by atoms with van der Waals surface area (Å²) in [5, 5.41) is 7.09. The number of rotatable bonds is 2. The molecule has 25 heavy (non-hydrogen) atoms. The summed E-state index contributed by atoms with van der Waals surface area (Å²) >= 11 is 0. The van der Waals surface area contributed by atoms with Crippen molar-refractivity contribution >= 4 is 17.4 Å². The number of amides is 1. The molecule has 1 aliphatic rings. The SMILES string of the molecule is Cc1ccc(N2CN(C(=O)c3ccccc3)c3n[nH]cc3C2N)cc1. The number of anilines is 2. The molecule has 0 aliphatic carbocycles. The number of nitrogens with two attached hydrogens (primary N) is 1. The quantitative estimate of drug-likeness (QED) is 0.756.